The van der Waals surface area contributed by atoms with E-state index < -0.39 is 0 Å². The molecule has 0 unspecified atom stereocenters. The molecule has 0 aliphatic heterocycles. The molecule has 0 amide bonds. The number of benzene rings is 8. The van der Waals surface area contributed by atoms with E-state index in [9.17, 15) is 0 Å². The van der Waals surface area contributed by atoms with Crippen LogP contribution in [0.1, 0.15) is 0 Å². The van der Waals surface area contributed by atoms with Crippen molar-refractivity contribution >= 4 is 32.3 Å². The van der Waals surface area contributed by atoms with E-state index in [4.69, 9.17) is 0 Å². The molecular formula is C42H26. The van der Waals surface area contributed by atoms with Gasteiger partial charge in [0.05, 0.1) is 0 Å². The summed E-state index contributed by atoms with van der Waals surface area (Å²) in [7, 11) is 0. The lowest BCUT2D eigenvalue weighted by molar-refractivity contribution is 1.61. The Morgan fingerprint density at radius 3 is 1.50 bits per heavy atom. The standard InChI is InChI=1S/C42H26/c1-2-8-27(9-3-1)30-16-17-33-24-31(18-19-32(33)23-30)28-10-6-11-29(22-28)34-20-21-35-26-41-37-13-5-4-12-36(37)38-14-7-15-39(42(38)41)40(35)25-34/h1-26H. The van der Waals surface area contributed by atoms with E-state index in [0.29, 0.717) is 0 Å². The third kappa shape index (κ3) is 3.56. The fourth-order valence-electron chi connectivity index (χ4n) is 6.89. The SMILES string of the molecule is c1ccc(-c2ccc3cc(-c4cccc(-c5ccc6cc7c8c(cccc8c6c5)-c5ccccc5-7)c4)ccc3c2)cc1. The summed E-state index contributed by atoms with van der Waals surface area (Å²) in [6.07, 6.45) is 0. The molecule has 0 bridgehead atoms. The van der Waals surface area contributed by atoms with Crippen LogP contribution >= 0.6 is 0 Å². The lowest BCUT2D eigenvalue weighted by atomic mass is 9.92. The molecule has 0 radical (unpaired) electrons. The van der Waals surface area contributed by atoms with E-state index in [1.807, 2.05) is 0 Å². The summed E-state index contributed by atoms with van der Waals surface area (Å²) in [4.78, 5) is 0. The summed E-state index contributed by atoms with van der Waals surface area (Å²) in [5.74, 6) is 0. The minimum Gasteiger partial charge on any atom is -0.0622 e. The highest BCUT2D eigenvalue weighted by Crippen LogP contribution is 2.49. The van der Waals surface area contributed by atoms with Crippen molar-refractivity contribution in [2.24, 2.45) is 0 Å². The maximum absolute atomic E-state index is 2.38. The molecule has 1 aliphatic carbocycles. The van der Waals surface area contributed by atoms with Gasteiger partial charge in [-0.05, 0) is 118 Å². The predicted molar refractivity (Wildman–Crippen MR) is 180 cm³/mol. The van der Waals surface area contributed by atoms with Crippen LogP contribution in [0.25, 0.3) is 88.0 Å². The Morgan fingerprint density at radius 2 is 0.762 bits per heavy atom. The van der Waals surface area contributed by atoms with E-state index >= 15 is 0 Å². The van der Waals surface area contributed by atoms with Crippen molar-refractivity contribution in [3.05, 3.63) is 158 Å². The van der Waals surface area contributed by atoms with Crippen molar-refractivity contribution in [3.63, 3.8) is 0 Å². The lowest BCUT2D eigenvalue weighted by Gasteiger charge is -2.11. The Hall–Kier alpha value is -5.46. The Balaban J connectivity index is 1.13. The molecule has 0 heteroatoms. The molecule has 0 atom stereocenters. The number of rotatable bonds is 3. The molecule has 0 fully saturated rings. The van der Waals surface area contributed by atoms with Gasteiger partial charge in [0.2, 0.25) is 0 Å². The molecule has 8 aromatic rings. The fourth-order valence-corrected chi connectivity index (χ4v) is 6.89. The maximum atomic E-state index is 2.38. The van der Waals surface area contributed by atoms with Crippen LogP contribution < -0.4 is 0 Å². The highest BCUT2D eigenvalue weighted by molar-refractivity contribution is 6.23. The highest BCUT2D eigenvalue weighted by Gasteiger charge is 2.22. The maximum Gasteiger partial charge on any atom is -0.00199 e. The van der Waals surface area contributed by atoms with Gasteiger partial charge in [-0.3, -0.25) is 0 Å². The van der Waals surface area contributed by atoms with Gasteiger partial charge in [-0.1, -0.05) is 127 Å². The fraction of sp³-hybridized carbons (Fsp3) is 0. The van der Waals surface area contributed by atoms with Crippen molar-refractivity contribution in [3.8, 4) is 55.6 Å². The van der Waals surface area contributed by atoms with Crippen molar-refractivity contribution in [1.82, 2.24) is 0 Å². The van der Waals surface area contributed by atoms with Gasteiger partial charge >= 0.3 is 0 Å². The number of hydrogen-bond acceptors (Lipinski definition) is 0. The van der Waals surface area contributed by atoms with Gasteiger partial charge in [0, 0.05) is 0 Å². The molecule has 0 saturated carbocycles. The first kappa shape index (κ1) is 23.3. The second kappa shape index (κ2) is 9.03. The normalized spacial score (nSPS) is 11.8. The monoisotopic (exact) mass is 530 g/mol. The molecule has 0 aromatic heterocycles. The first-order chi connectivity index (χ1) is 20.8. The quantitative estimate of drug-likeness (QED) is 0.199. The van der Waals surface area contributed by atoms with Gasteiger partial charge in [0.25, 0.3) is 0 Å². The van der Waals surface area contributed by atoms with E-state index in [-0.39, 0.29) is 0 Å². The summed E-state index contributed by atoms with van der Waals surface area (Å²) in [6.45, 7) is 0. The summed E-state index contributed by atoms with van der Waals surface area (Å²) >= 11 is 0. The Kier molecular flexibility index (Phi) is 5.00. The third-order valence-electron chi connectivity index (χ3n) is 8.96. The van der Waals surface area contributed by atoms with Crippen LogP contribution in [0.5, 0.6) is 0 Å². The molecular weight excluding hydrogens is 504 g/mol. The second-order valence-electron chi connectivity index (χ2n) is 11.4. The van der Waals surface area contributed by atoms with Gasteiger partial charge in [-0.2, -0.15) is 0 Å². The molecule has 9 rings (SSSR count). The molecule has 1 aliphatic rings. The summed E-state index contributed by atoms with van der Waals surface area (Å²) in [5.41, 5.74) is 12.8. The van der Waals surface area contributed by atoms with Crippen molar-refractivity contribution in [2.45, 2.75) is 0 Å². The average Bonchev–Trinajstić information content (AvgIpc) is 3.39. The van der Waals surface area contributed by atoms with Crippen LogP contribution in [0.3, 0.4) is 0 Å². The molecule has 0 spiro atoms. The highest BCUT2D eigenvalue weighted by atomic mass is 14.2. The van der Waals surface area contributed by atoms with Gasteiger partial charge in [-0.15, -0.1) is 0 Å². The summed E-state index contributed by atoms with van der Waals surface area (Å²) in [5, 5.41) is 7.83. The zero-order valence-corrected chi connectivity index (χ0v) is 23.0. The lowest BCUT2D eigenvalue weighted by Crippen LogP contribution is -1.85. The van der Waals surface area contributed by atoms with Gasteiger partial charge in [-0.25, -0.2) is 0 Å². The molecule has 194 valence electrons. The Labute approximate surface area is 245 Å². The van der Waals surface area contributed by atoms with Crippen LogP contribution in [-0.2, 0) is 0 Å². The van der Waals surface area contributed by atoms with E-state index in [1.54, 1.807) is 0 Å². The third-order valence-corrected chi connectivity index (χ3v) is 8.96. The number of hydrogen-bond donors (Lipinski definition) is 0. The van der Waals surface area contributed by atoms with Crippen molar-refractivity contribution in [2.75, 3.05) is 0 Å². The summed E-state index contributed by atoms with van der Waals surface area (Å²) < 4.78 is 0. The van der Waals surface area contributed by atoms with Crippen molar-refractivity contribution < 1.29 is 0 Å². The van der Waals surface area contributed by atoms with Crippen LogP contribution in [0.2, 0.25) is 0 Å². The molecule has 0 heterocycles. The second-order valence-corrected chi connectivity index (χ2v) is 11.4. The molecule has 0 nitrogen and oxygen atoms in total. The van der Waals surface area contributed by atoms with E-state index in [0.717, 1.165) is 0 Å². The van der Waals surface area contributed by atoms with Crippen LogP contribution in [0.4, 0.5) is 0 Å². The van der Waals surface area contributed by atoms with Gasteiger partial charge < -0.3 is 0 Å². The smallest absolute Gasteiger partial charge is 0.00199 e. The largest absolute Gasteiger partial charge is 0.0622 e. The average molecular weight is 531 g/mol. The Morgan fingerprint density at radius 1 is 0.238 bits per heavy atom. The topological polar surface area (TPSA) is 0 Å². The van der Waals surface area contributed by atoms with Crippen LogP contribution in [0.15, 0.2) is 158 Å². The van der Waals surface area contributed by atoms with Crippen LogP contribution in [0, 0.1) is 0 Å². The zero-order valence-electron chi connectivity index (χ0n) is 23.0. The minimum absolute atomic E-state index is 1.23. The van der Waals surface area contributed by atoms with Crippen molar-refractivity contribution in [1.29, 1.82) is 0 Å². The zero-order chi connectivity index (χ0) is 27.6. The minimum atomic E-state index is 1.23. The van der Waals surface area contributed by atoms with E-state index in [2.05, 4.69) is 158 Å². The summed E-state index contributed by atoms with van der Waals surface area (Å²) in [6, 6.07) is 58.0. The molecule has 0 N–H and O–H groups in total. The molecule has 0 saturated heterocycles. The molecule has 8 aromatic carbocycles. The van der Waals surface area contributed by atoms with Gasteiger partial charge in [0.15, 0.2) is 0 Å². The first-order valence-corrected chi connectivity index (χ1v) is 14.6. The van der Waals surface area contributed by atoms with E-state index in [1.165, 1.54) is 88.0 Å². The first-order valence-electron chi connectivity index (χ1n) is 14.6. The Bertz CT molecular complexity index is 2340. The number of fused-ring (bicyclic) bond motifs is 6. The van der Waals surface area contributed by atoms with Gasteiger partial charge in [0.1, 0.15) is 0 Å². The predicted octanol–water partition coefficient (Wildman–Crippen LogP) is 11.8. The molecule has 42 heavy (non-hydrogen) atoms. The van der Waals surface area contributed by atoms with Crippen LogP contribution in [-0.4, -0.2) is 0 Å².